The van der Waals surface area contributed by atoms with E-state index in [0.29, 0.717) is 19.5 Å². The van der Waals surface area contributed by atoms with Gasteiger partial charge in [-0.15, -0.1) is 0 Å². The summed E-state index contributed by atoms with van der Waals surface area (Å²) >= 11 is 0. The molecular formula is C12H15F2NO. The summed E-state index contributed by atoms with van der Waals surface area (Å²) in [4.78, 5) is 1.89. The third kappa shape index (κ3) is 1.89. The van der Waals surface area contributed by atoms with Crippen LogP contribution in [0.2, 0.25) is 0 Å². The van der Waals surface area contributed by atoms with Crippen molar-refractivity contribution in [2.75, 3.05) is 20.1 Å². The molecule has 1 atom stereocenters. The Hall–Kier alpha value is -1.16. The molecule has 0 amide bonds. The number of hydrogen-bond donors (Lipinski definition) is 1. The number of likely N-dealkylation sites (tertiary alicyclic amines) is 1. The highest BCUT2D eigenvalue weighted by atomic mass is 19.3. The molecule has 1 aromatic rings. The van der Waals surface area contributed by atoms with Gasteiger partial charge in [-0.2, -0.15) is 0 Å². The van der Waals surface area contributed by atoms with Crippen molar-refractivity contribution in [1.82, 2.24) is 4.90 Å². The average Bonchev–Trinajstić information content (AvgIpc) is 2.66. The maximum absolute atomic E-state index is 14.1. The predicted octanol–water partition coefficient (Wildman–Crippen LogP) is 2.44. The zero-order chi connectivity index (χ0) is 11.8. The fraction of sp³-hybridized carbons (Fsp3) is 0.500. The number of phenols is 1. The molecule has 1 unspecified atom stereocenters. The van der Waals surface area contributed by atoms with Crippen LogP contribution in [-0.2, 0) is 5.92 Å². The zero-order valence-corrected chi connectivity index (χ0v) is 9.16. The average molecular weight is 227 g/mol. The molecule has 1 aliphatic heterocycles. The van der Waals surface area contributed by atoms with Gasteiger partial charge in [0.2, 0.25) is 0 Å². The summed E-state index contributed by atoms with van der Waals surface area (Å²) in [5.74, 6) is -3.97. The minimum absolute atomic E-state index is 0.254. The Kier molecular flexibility index (Phi) is 2.84. The van der Waals surface area contributed by atoms with Crippen molar-refractivity contribution in [3.05, 3.63) is 29.8 Å². The lowest BCUT2D eigenvalue weighted by Gasteiger charge is -2.24. The second-order valence-electron chi connectivity index (χ2n) is 4.39. The normalized spacial score (nSPS) is 22.6. The van der Waals surface area contributed by atoms with Crippen molar-refractivity contribution in [2.24, 2.45) is 5.92 Å². The summed E-state index contributed by atoms with van der Waals surface area (Å²) in [5.41, 5.74) is -0.254. The number of nitrogens with zero attached hydrogens (tertiary/aromatic N) is 1. The molecule has 0 radical (unpaired) electrons. The van der Waals surface area contributed by atoms with E-state index in [-0.39, 0.29) is 11.3 Å². The highest BCUT2D eigenvalue weighted by molar-refractivity contribution is 5.36. The van der Waals surface area contributed by atoms with Crippen molar-refractivity contribution < 1.29 is 13.9 Å². The lowest BCUT2D eigenvalue weighted by Crippen LogP contribution is -2.28. The molecule has 1 heterocycles. The quantitative estimate of drug-likeness (QED) is 0.838. The van der Waals surface area contributed by atoms with Crippen LogP contribution < -0.4 is 0 Å². The summed E-state index contributed by atoms with van der Waals surface area (Å²) < 4.78 is 28.2. The van der Waals surface area contributed by atoms with Gasteiger partial charge in [-0.1, -0.05) is 12.1 Å². The number of benzene rings is 1. The number of para-hydroxylation sites is 1. The number of hydrogen-bond acceptors (Lipinski definition) is 2. The Labute approximate surface area is 93.5 Å². The van der Waals surface area contributed by atoms with Gasteiger partial charge in [0.05, 0.1) is 5.56 Å². The van der Waals surface area contributed by atoms with E-state index in [9.17, 15) is 13.9 Å². The molecule has 0 spiro atoms. The highest BCUT2D eigenvalue weighted by Crippen LogP contribution is 2.43. The van der Waals surface area contributed by atoms with Crippen molar-refractivity contribution in [3.63, 3.8) is 0 Å². The minimum Gasteiger partial charge on any atom is -0.507 e. The Morgan fingerprint density at radius 3 is 2.62 bits per heavy atom. The van der Waals surface area contributed by atoms with Crippen LogP contribution in [0.15, 0.2) is 24.3 Å². The summed E-state index contributed by atoms with van der Waals surface area (Å²) in [5, 5.41) is 9.48. The molecule has 1 saturated heterocycles. The van der Waals surface area contributed by atoms with Gasteiger partial charge >= 0.3 is 0 Å². The molecule has 16 heavy (non-hydrogen) atoms. The largest absolute Gasteiger partial charge is 0.507 e. The molecule has 0 aliphatic carbocycles. The van der Waals surface area contributed by atoms with Crippen molar-refractivity contribution in [1.29, 1.82) is 0 Å². The first-order chi connectivity index (χ1) is 7.51. The SMILES string of the molecule is CN1CCC(C(F)(F)c2ccccc2O)C1. The Morgan fingerprint density at radius 2 is 2.06 bits per heavy atom. The molecule has 1 aliphatic rings. The van der Waals surface area contributed by atoms with Crippen molar-refractivity contribution in [2.45, 2.75) is 12.3 Å². The monoisotopic (exact) mass is 227 g/mol. The van der Waals surface area contributed by atoms with Crippen LogP contribution in [0.1, 0.15) is 12.0 Å². The van der Waals surface area contributed by atoms with E-state index in [1.165, 1.54) is 18.2 Å². The molecule has 1 fully saturated rings. The summed E-state index contributed by atoms with van der Waals surface area (Å²) in [6, 6.07) is 5.69. The first-order valence-corrected chi connectivity index (χ1v) is 5.36. The smallest absolute Gasteiger partial charge is 0.280 e. The topological polar surface area (TPSA) is 23.5 Å². The lowest BCUT2D eigenvalue weighted by molar-refractivity contribution is -0.0618. The molecule has 4 heteroatoms. The number of phenolic OH excluding ortho intramolecular Hbond substituents is 1. The van der Waals surface area contributed by atoms with E-state index in [4.69, 9.17) is 0 Å². The molecule has 2 rings (SSSR count). The maximum Gasteiger partial charge on any atom is 0.280 e. The van der Waals surface area contributed by atoms with Gasteiger partial charge in [-0.05, 0) is 32.1 Å². The first kappa shape index (κ1) is 11.3. The zero-order valence-electron chi connectivity index (χ0n) is 9.16. The molecule has 1 aromatic carbocycles. The van der Waals surface area contributed by atoms with Gasteiger partial charge in [0, 0.05) is 12.5 Å². The van der Waals surface area contributed by atoms with Crippen LogP contribution in [0.5, 0.6) is 5.75 Å². The van der Waals surface area contributed by atoms with Gasteiger partial charge in [0.25, 0.3) is 5.92 Å². The Balaban J connectivity index is 2.28. The van der Waals surface area contributed by atoms with Gasteiger partial charge < -0.3 is 10.0 Å². The minimum atomic E-state index is -2.95. The summed E-state index contributed by atoms with van der Waals surface area (Å²) in [6.07, 6.45) is 0.470. The summed E-state index contributed by atoms with van der Waals surface area (Å²) in [6.45, 7) is 1.06. The van der Waals surface area contributed by atoms with Crippen LogP contribution >= 0.6 is 0 Å². The van der Waals surface area contributed by atoms with Gasteiger partial charge in [0.15, 0.2) is 0 Å². The number of halogens is 2. The molecule has 0 aromatic heterocycles. The molecular weight excluding hydrogens is 212 g/mol. The van der Waals surface area contributed by atoms with E-state index in [1.807, 2.05) is 11.9 Å². The fourth-order valence-corrected chi connectivity index (χ4v) is 2.21. The van der Waals surface area contributed by atoms with Crippen LogP contribution in [0.4, 0.5) is 8.78 Å². The number of aromatic hydroxyl groups is 1. The van der Waals surface area contributed by atoms with Crippen LogP contribution in [0.25, 0.3) is 0 Å². The predicted molar refractivity (Wildman–Crippen MR) is 57.6 cm³/mol. The van der Waals surface area contributed by atoms with Gasteiger partial charge in [-0.3, -0.25) is 0 Å². The van der Waals surface area contributed by atoms with Crippen LogP contribution in [0.3, 0.4) is 0 Å². The van der Waals surface area contributed by atoms with Gasteiger partial charge in [0.1, 0.15) is 5.75 Å². The van der Waals surface area contributed by atoms with Crippen molar-refractivity contribution >= 4 is 0 Å². The molecule has 0 saturated carbocycles. The van der Waals surface area contributed by atoms with Crippen LogP contribution in [-0.4, -0.2) is 30.1 Å². The second kappa shape index (κ2) is 4.01. The molecule has 88 valence electrons. The maximum atomic E-state index is 14.1. The van der Waals surface area contributed by atoms with E-state index in [2.05, 4.69) is 0 Å². The van der Waals surface area contributed by atoms with Crippen LogP contribution in [0, 0.1) is 5.92 Å². The van der Waals surface area contributed by atoms with E-state index < -0.39 is 11.8 Å². The van der Waals surface area contributed by atoms with Gasteiger partial charge in [-0.25, -0.2) is 8.78 Å². The highest BCUT2D eigenvalue weighted by Gasteiger charge is 2.45. The first-order valence-electron chi connectivity index (χ1n) is 5.36. The molecule has 0 bridgehead atoms. The third-order valence-corrected chi connectivity index (χ3v) is 3.17. The third-order valence-electron chi connectivity index (χ3n) is 3.17. The summed E-state index contributed by atoms with van der Waals surface area (Å²) in [7, 11) is 1.83. The second-order valence-corrected chi connectivity index (χ2v) is 4.39. The lowest BCUT2D eigenvalue weighted by atomic mass is 9.93. The van der Waals surface area contributed by atoms with E-state index in [1.54, 1.807) is 6.07 Å². The molecule has 2 nitrogen and oxygen atoms in total. The van der Waals surface area contributed by atoms with E-state index in [0.717, 1.165) is 0 Å². The Bertz CT molecular complexity index is 381. The fourth-order valence-electron chi connectivity index (χ4n) is 2.21. The van der Waals surface area contributed by atoms with E-state index >= 15 is 0 Å². The number of alkyl halides is 2. The standard InChI is InChI=1S/C12H15F2NO/c1-15-7-6-9(8-15)12(13,14)10-4-2-3-5-11(10)16/h2-5,9,16H,6-8H2,1H3. The Morgan fingerprint density at radius 1 is 1.38 bits per heavy atom. The number of rotatable bonds is 2. The molecule has 1 N–H and O–H groups in total. The van der Waals surface area contributed by atoms with Crippen molar-refractivity contribution in [3.8, 4) is 5.75 Å².